The molecule has 0 bridgehead atoms. The molecule has 2 rings (SSSR count). The maximum Gasteiger partial charge on any atom is 0.313 e. The Kier molecular flexibility index (Phi) is 6.18. The molecule has 8 nitrogen and oxygen atoms in total. The van der Waals surface area contributed by atoms with Crippen molar-refractivity contribution in [3.63, 3.8) is 0 Å². The average molecular weight is 375 g/mol. The van der Waals surface area contributed by atoms with E-state index in [1.165, 1.54) is 36.5 Å². The highest BCUT2D eigenvalue weighted by Gasteiger charge is 2.16. The van der Waals surface area contributed by atoms with Gasteiger partial charge in [-0.3, -0.25) is 24.5 Å². The van der Waals surface area contributed by atoms with Gasteiger partial charge in [-0.15, -0.1) is 11.3 Å². The van der Waals surface area contributed by atoms with Crippen LogP contribution in [0.5, 0.6) is 0 Å². The Morgan fingerprint density at radius 3 is 2.50 bits per heavy atom. The summed E-state index contributed by atoms with van der Waals surface area (Å²) in [6, 6.07) is 7.55. The molecular formula is C17H17N3O5S. The van der Waals surface area contributed by atoms with Crippen molar-refractivity contribution in [1.29, 1.82) is 0 Å². The highest BCUT2D eigenvalue weighted by atomic mass is 32.1. The van der Waals surface area contributed by atoms with E-state index in [0.717, 1.165) is 4.88 Å². The smallest absolute Gasteiger partial charge is 0.313 e. The Morgan fingerprint density at radius 2 is 1.88 bits per heavy atom. The van der Waals surface area contributed by atoms with Crippen LogP contribution in [0.1, 0.15) is 27.0 Å². The number of benzene rings is 1. The zero-order valence-electron chi connectivity index (χ0n) is 14.2. The molecule has 9 heteroatoms. The van der Waals surface area contributed by atoms with Crippen molar-refractivity contribution in [2.45, 2.75) is 20.3 Å². The maximum absolute atomic E-state index is 11.9. The Balaban J connectivity index is 1.89. The molecule has 26 heavy (non-hydrogen) atoms. The molecule has 0 saturated carbocycles. The van der Waals surface area contributed by atoms with Crippen LogP contribution in [0.2, 0.25) is 0 Å². The number of carbonyl (C=O) groups is 3. The van der Waals surface area contributed by atoms with Crippen LogP contribution in [0.3, 0.4) is 0 Å². The second-order valence-corrected chi connectivity index (χ2v) is 6.71. The maximum atomic E-state index is 11.9. The van der Waals surface area contributed by atoms with Gasteiger partial charge in [0.1, 0.15) is 0 Å². The van der Waals surface area contributed by atoms with E-state index in [1.54, 1.807) is 19.1 Å². The molecule has 0 radical (unpaired) electrons. The normalized spacial score (nSPS) is 10.2. The predicted molar refractivity (Wildman–Crippen MR) is 97.5 cm³/mol. The number of ketones is 1. The number of nitro benzene ring substituents is 1. The SMILES string of the molecule is CC(=O)c1ccc(CCNC(=O)C(=O)Nc2cc([N+](=O)[O-])ccc2C)s1. The number of nitrogens with one attached hydrogen (secondary N) is 2. The van der Waals surface area contributed by atoms with Crippen LogP contribution in [-0.2, 0) is 16.0 Å². The first-order valence-electron chi connectivity index (χ1n) is 7.72. The third kappa shape index (κ3) is 4.96. The Hall–Kier alpha value is -3.07. The predicted octanol–water partition coefficient (Wildman–Crippen LogP) is 2.46. The highest BCUT2D eigenvalue weighted by Crippen LogP contribution is 2.21. The van der Waals surface area contributed by atoms with E-state index < -0.39 is 16.7 Å². The van der Waals surface area contributed by atoms with E-state index in [4.69, 9.17) is 0 Å². The van der Waals surface area contributed by atoms with Crippen molar-refractivity contribution < 1.29 is 19.3 Å². The standard InChI is InChI=1S/C17H17N3O5S/c1-10-3-4-12(20(24)25)9-14(10)19-17(23)16(22)18-8-7-13-5-6-15(26-13)11(2)21/h3-6,9H,7-8H2,1-2H3,(H,18,22)(H,19,23). The lowest BCUT2D eigenvalue weighted by Crippen LogP contribution is -2.36. The minimum absolute atomic E-state index is 0.0167. The summed E-state index contributed by atoms with van der Waals surface area (Å²) < 4.78 is 0. The number of nitrogens with zero attached hydrogens (tertiary/aromatic N) is 1. The van der Waals surface area contributed by atoms with Crippen molar-refractivity contribution in [2.75, 3.05) is 11.9 Å². The molecular weight excluding hydrogens is 358 g/mol. The number of aryl methyl sites for hydroxylation is 1. The summed E-state index contributed by atoms with van der Waals surface area (Å²) >= 11 is 1.34. The molecule has 0 aliphatic carbocycles. The summed E-state index contributed by atoms with van der Waals surface area (Å²) in [6.45, 7) is 3.39. The number of non-ortho nitro benzene ring substituents is 1. The van der Waals surface area contributed by atoms with Gasteiger partial charge in [-0.25, -0.2) is 0 Å². The third-order valence-electron chi connectivity index (χ3n) is 3.55. The molecule has 0 fully saturated rings. The molecule has 1 heterocycles. The van der Waals surface area contributed by atoms with Crippen LogP contribution in [-0.4, -0.2) is 29.1 Å². The van der Waals surface area contributed by atoms with Crippen molar-refractivity contribution in [1.82, 2.24) is 5.32 Å². The Labute approximate surface area is 153 Å². The van der Waals surface area contributed by atoms with E-state index in [0.29, 0.717) is 16.9 Å². The fourth-order valence-corrected chi connectivity index (χ4v) is 3.02. The van der Waals surface area contributed by atoms with Gasteiger partial charge in [0, 0.05) is 23.6 Å². The largest absolute Gasteiger partial charge is 0.347 e. The first-order chi connectivity index (χ1) is 12.3. The van der Waals surface area contributed by atoms with Crippen LogP contribution in [0, 0.1) is 17.0 Å². The van der Waals surface area contributed by atoms with Gasteiger partial charge >= 0.3 is 11.8 Å². The first-order valence-corrected chi connectivity index (χ1v) is 8.53. The summed E-state index contributed by atoms with van der Waals surface area (Å²) in [4.78, 5) is 46.8. The fraction of sp³-hybridized carbons (Fsp3) is 0.235. The molecule has 0 spiro atoms. The van der Waals surface area contributed by atoms with Crippen LogP contribution in [0.4, 0.5) is 11.4 Å². The number of rotatable bonds is 6. The van der Waals surface area contributed by atoms with Crippen LogP contribution >= 0.6 is 11.3 Å². The quantitative estimate of drug-likeness (QED) is 0.348. The zero-order chi connectivity index (χ0) is 19.3. The molecule has 1 aromatic carbocycles. The fourth-order valence-electron chi connectivity index (χ4n) is 2.12. The number of carbonyl (C=O) groups excluding carboxylic acids is 3. The van der Waals surface area contributed by atoms with Gasteiger partial charge in [0.2, 0.25) is 0 Å². The molecule has 1 aromatic heterocycles. The molecule has 2 aromatic rings. The van der Waals surface area contributed by atoms with Crippen molar-refractivity contribution >= 4 is 40.3 Å². The van der Waals surface area contributed by atoms with E-state index >= 15 is 0 Å². The molecule has 0 aliphatic heterocycles. The molecule has 2 amide bonds. The summed E-state index contributed by atoms with van der Waals surface area (Å²) in [5.74, 6) is -1.75. The zero-order valence-corrected chi connectivity index (χ0v) is 15.0. The number of thiophene rings is 1. The van der Waals surface area contributed by atoms with Gasteiger partial charge in [-0.2, -0.15) is 0 Å². The topological polar surface area (TPSA) is 118 Å². The van der Waals surface area contributed by atoms with Gasteiger partial charge < -0.3 is 10.6 Å². The van der Waals surface area contributed by atoms with Crippen molar-refractivity contribution in [3.05, 3.63) is 55.8 Å². The molecule has 0 unspecified atom stereocenters. The number of anilines is 1. The number of hydrogen-bond acceptors (Lipinski definition) is 6. The highest BCUT2D eigenvalue weighted by molar-refractivity contribution is 7.14. The second kappa shape index (κ2) is 8.34. The van der Waals surface area contributed by atoms with Crippen LogP contribution < -0.4 is 10.6 Å². The summed E-state index contributed by atoms with van der Waals surface area (Å²) in [7, 11) is 0. The van der Waals surface area contributed by atoms with Gasteiger partial charge in [-0.1, -0.05) is 6.07 Å². The van der Waals surface area contributed by atoms with Gasteiger partial charge in [-0.05, 0) is 38.0 Å². The molecule has 2 N–H and O–H groups in total. The van der Waals surface area contributed by atoms with Gasteiger partial charge in [0.15, 0.2) is 5.78 Å². The van der Waals surface area contributed by atoms with E-state index in [2.05, 4.69) is 10.6 Å². The van der Waals surface area contributed by atoms with Crippen molar-refractivity contribution in [3.8, 4) is 0 Å². The summed E-state index contributed by atoms with van der Waals surface area (Å²) in [5, 5.41) is 15.7. The van der Waals surface area contributed by atoms with Gasteiger partial charge in [0.05, 0.1) is 15.5 Å². The lowest BCUT2D eigenvalue weighted by atomic mass is 10.2. The summed E-state index contributed by atoms with van der Waals surface area (Å²) in [5.41, 5.74) is 0.640. The monoisotopic (exact) mass is 375 g/mol. The van der Waals surface area contributed by atoms with Crippen molar-refractivity contribution in [2.24, 2.45) is 0 Å². The van der Waals surface area contributed by atoms with Crippen LogP contribution in [0.15, 0.2) is 30.3 Å². The number of hydrogen-bond donors (Lipinski definition) is 2. The summed E-state index contributed by atoms with van der Waals surface area (Å²) in [6.07, 6.45) is 0.493. The average Bonchev–Trinajstić information content (AvgIpc) is 3.05. The van der Waals surface area contributed by atoms with Crippen LogP contribution in [0.25, 0.3) is 0 Å². The molecule has 0 aliphatic rings. The molecule has 0 saturated heterocycles. The first kappa shape index (κ1) is 19.3. The minimum Gasteiger partial charge on any atom is -0.347 e. The molecule has 136 valence electrons. The van der Waals surface area contributed by atoms with E-state index in [-0.39, 0.29) is 23.7 Å². The molecule has 0 atom stereocenters. The lowest BCUT2D eigenvalue weighted by Gasteiger charge is -2.08. The van der Waals surface area contributed by atoms with E-state index in [1.807, 2.05) is 0 Å². The Morgan fingerprint density at radius 1 is 1.15 bits per heavy atom. The minimum atomic E-state index is -0.899. The number of Topliss-reactive ketones (excluding diaryl/α,β-unsaturated/α-hetero) is 1. The van der Waals surface area contributed by atoms with Gasteiger partial charge in [0.25, 0.3) is 5.69 Å². The third-order valence-corrected chi connectivity index (χ3v) is 4.80. The van der Waals surface area contributed by atoms with E-state index in [9.17, 15) is 24.5 Å². The Bertz CT molecular complexity index is 875. The number of nitro groups is 1. The lowest BCUT2D eigenvalue weighted by molar-refractivity contribution is -0.384. The second-order valence-electron chi connectivity index (χ2n) is 5.54. The number of amides is 2.